The Hall–Kier alpha value is -2.14. The molecule has 2 heteroatoms. The molecule has 0 heterocycles. The molecular weight excluding hydrogens is 350 g/mol. The maximum Gasteiger partial charge on any atom is 0.160 e. The molecule has 0 N–H and O–H groups in total. The summed E-state index contributed by atoms with van der Waals surface area (Å²) in [7, 11) is 0. The topological polar surface area (TPSA) is 0 Å². The van der Waals surface area contributed by atoms with Crippen LogP contribution in [0.25, 0.3) is 0 Å². The molecule has 0 bridgehead atoms. The summed E-state index contributed by atoms with van der Waals surface area (Å²) in [6.07, 6.45) is 10.6. The lowest BCUT2D eigenvalue weighted by atomic mass is 9.64. The maximum absolute atomic E-state index is 13.3. The first-order valence-electron chi connectivity index (χ1n) is 10.7. The van der Waals surface area contributed by atoms with Gasteiger partial charge in [0, 0.05) is 11.1 Å². The summed E-state index contributed by atoms with van der Waals surface area (Å²) < 4.78 is 26.4. The van der Waals surface area contributed by atoms with E-state index in [1.54, 1.807) is 0 Å². The van der Waals surface area contributed by atoms with Gasteiger partial charge in [-0.1, -0.05) is 44.1 Å². The van der Waals surface area contributed by atoms with E-state index in [-0.39, 0.29) is 0 Å². The van der Waals surface area contributed by atoms with Crippen molar-refractivity contribution >= 4 is 0 Å². The van der Waals surface area contributed by atoms with Gasteiger partial charge in [0.05, 0.1) is 0 Å². The van der Waals surface area contributed by atoms with E-state index in [0.29, 0.717) is 5.56 Å². The monoisotopic (exact) mass is 378 g/mol. The van der Waals surface area contributed by atoms with Crippen molar-refractivity contribution in [1.82, 2.24) is 0 Å². The van der Waals surface area contributed by atoms with Crippen molar-refractivity contribution in [3.8, 4) is 11.8 Å². The minimum absolute atomic E-state index is 0.502. The van der Waals surface area contributed by atoms with Crippen molar-refractivity contribution in [2.24, 2.45) is 11.8 Å². The van der Waals surface area contributed by atoms with Crippen LogP contribution >= 0.6 is 0 Å². The van der Waals surface area contributed by atoms with Gasteiger partial charge in [0.1, 0.15) is 0 Å². The molecule has 0 saturated heterocycles. The predicted molar refractivity (Wildman–Crippen MR) is 110 cm³/mol. The molecule has 146 valence electrons. The van der Waals surface area contributed by atoms with Gasteiger partial charge in [-0.25, -0.2) is 8.78 Å². The maximum atomic E-state index is 13.3. The number of unbranched alkanes of at least 4 members (excludes halogenated alkanes) is 1. The normalized spacial score (nSPS) is 23.3. The first-order valence-corrected chi connectivity index (χ1v) is 10.7. The largest absolute Gasteiger partial charge is 0.204 e. The van der Waals surface area contributed by atoms with Gasteiger partial charge in [-0.3, -0.25) is 0 Å². The van der Waals surface area contributed by atoms with E-state index in [2.05, 4.69) is 37.0 Å². The average molecular weight is 379 g/mol. The first kappa shape index (κ1) is 19.2. The second kappa shape index (κ2) is 8.48. The molecule has 3 unspecified atom stereocenters. The van der Waals surface area contributed by atoms with E-state index in [1.807, 2.05) is 0 Å². The van der Waals surface area contributed by atoms with Crippen molar-refractivity contribution < 1.29 is 8.78 Å². The molecule has 0 spiro atoms. The van der Waals surface area contributed by atoms with Crippen molar-refractivity contribution in [2.45, 2.75) is 64.2 Å². The number of hydrogen-bond donors (Lipinski definition) is 0. The lowest BCUT2D eigenvalue weighted by Gasteiger charge is -2.40. The Morgan fingerprint density at radius 2 is 1.71 bits per heavy atom. The zero-order valence-corrected chi connectivity index (χ0v) is 16.6. The van der Waals surface area contributed by atoms with E-state index in [0.717, 1.165) is 41.9 Å². The third-order valence-corrected chi connectivity index (χ3v) is 6.65. The number of rotatable bonds is 3. The molecule has 1 fully saturated rings. The van der Waals surface area contributed by atoms with Gasteiger partial charge in [0.15, 0.2) is 11.6 Å². The predicted octanol–water partition coefficient (Wildman–Crippen LogP) is 7.00. The van der Waals surface area contributed by atoms with Gasteiger partial charge in [-0.2, -0.15) is 0 Å². The van der Waals surface area contributed by atoms with E-state index >= 15 is 0 Å². The highest BCUT2D eigenvalue weighted by Crippen LogP contribution is 2.47. The highest BCUT2D eigenvalue weighted by atomic mass is 19.2. The fourth-order valence-corrected chi connectivity index (χ4v) is 5.17. The van der Waals surface area contributed by atoms with Crippen LogP contribution < -0.4 is 0 Å². The molecule has 0 aromatic heterocycles. The Labute approximate surface area is 167 Å². The molecule has 28 heavy (non-hydrogen) atoms. The Morgan fingerprint density at radius 1 is 0.929 bits per heavy atom. The standard InChI is InChI=1S/C26H28F2/c1-2-3-4-18-7-12-23-21(15-18)10-11-22-16-19(8-13-24(22)23)5-6-20-9-14-25(27)26(28)17-20/h8-9,13-14,16-18,21,23H,2-4,7,10-12,15H2,1H3. The van der Waals surface area contributed by atoms with E-state index in [9.17, 15) is 8.78 Å². The van der Waals surface area contributed by atoms with Crippen molar-refractivity contribution in [1.29, 1.82) is 0 Å². The molecule has 2 aliphatic carbocycles. The van der Waals surface area contributed by atoms with Gasteiger partial charge < -0.3 is 0 Å². The third-order valence-electron chi connectivity index (χ3n) is 6.65. The number of fused-ring (bicyclic) bond motifs is 3. The SMILES string of the molecule is CCCCC1CCC2c3ccc(C#Cc4ccc(F)c(F)c4)cc3CCC2C1. The van der Waals surface area contributed by atoms with E-state index in [4.69, 9.17) is 0 Å². The van der Waals surface area contributed by atoms with Crippen molar-refractivity contribution in [2.75, 3.05) is 0 Å². The zero-order valence-electron chi connectivity index (χ0n) is 16.6. The van der Waals surface area contributed by atoms with Gasteiger partial charge >= 0.3 is 0 Å². The average Bonchev–Trinajstić information content (AvgIpc) is 2.72. The van der Waals surface area contributed by atoms with Crippen LogP contribution in [0.5, 0.6) is 0 Å². The van der Waals surface area contributed by atoms with Crippen LogP contribution in [0.2, 0.25) is 0 Å². The van der Waals surface area contributed by atoms with Crippen LogP contribution in [0.15, 0.2) is 36.4 Å². The summed E-state index contributed by atoms with van der Waals surface area (Å²) in [5.74, 6) is 6.90. The summed E-state index contributed by atoms with van der Waals surface area (Å²) in [6.45, 7) is 2.29. The summed E-state index contributed by atoms with van der Waals surface area (Å²) >= 11 is 0. The summed E-state index contributed by atoms with van der Waals surface area (Å²) in [5, 5.41) is 0. The van der Waals surface area contributed by atoms with Crippen LogP contribution in [0.4, 0.5) is 8.78 Å². The van der Waals surface area contributed by atoms with Gasteiger partial charge in [0.25, 0.3) is 0 Å². The molecular formula is C26H28F2. The molecule has 2 aromatic rings. The molecule has 4 rings (SSSR count). The van der Waals surface area contributed by atoms with E-state index in [1.165, 1.54) is 62.1 Å². The zero-order chi connectivity index (χ0) is 19.5. The molecule has 2 aliphatic rings. The molecule has 1 saturated carbocycles. The second-order valence-corrected chi connectivity index (χ2v) is 8.52. The second-order valence-electron chi connectivity index (χ2n) is 8.52. The van der Waals surface area contributed by atoms with Crippen LogP contribution in [0.1, 0.15) is 80.0 Å². The number of benzene rings is 2. The minimum atomic E-state index is -0.849. The smallest absolute Gasteiger partial charge is 0.160 e. The Bertz CT molecular complexity index is 902. The third kappa shape index (κ3) is 4.14. The summed E-state index contributed by atoms with van der Waals surface area (Å²) in [6, 6.07) is 10.4. The fourth-order valence-electron chi connectivity index (χ4n) is 5.17. The Balaban J connectivity index is 1.49. The summed E-state index contributed by atoms with van der Waals surface area (Å²) in [4.78, 5) is 0. The lowest BCUT2D eigenvalue weighted by Crippen LogP contribution is -2.28. The molecule has 0 aliphatic heterocycles. The molecule has 2 aromatic carbocycles. The van der Waals surface area contributed by atoms with Crippen LogP contribution in [0.3, 0.4) is 0 Å². The lowest BCUT2D eigenvalue weighted by molar-refractivity contribution is 0.200. The van der Waals surface area contributed by atoms with Crippen LogP contribution in [-0.4, -0.2) is 0 Å². The molecule has 0 nitrogen and oxygen atoms in total. The highest BCUT2D eigenvalue weighted by Gasteiger charge is 2.34. The van der Waals surface area contributed by atoms with Crippen LogP contribution in [0, 0.1) is 35.3 Å². The molecule has 0 radical (unpaired) electrons. The highest BCUT2D eigenvalue weighted by molar-refractivity contribution is 5.47. The first-order chi connectivity index (χ1) is 13.6. The quantitative estimate of drug-likeness (QED) is 0.504. The van der Waals surface area contributed by atoms with Crippen molar-refractivity contribution in [3.63, 3.8) is 0 Å². The number of aryl methyl sites for hydroxylation is 1. The van der Waals surface area contributed by atoms with E-state index < -0.39 is 11.6 Å². The molecule has 3 atom stereocenters. The number of hydrogen-bond acceptors (Lipinski definition) is 0. The fraction of sp³-hybridized carbons (Fsp3) is 0.462. The summed E-state index contributed by atoms with van der Waals surface area (Å²) in [5.41, 5.74) is 4.43. The Kier molecular flexibility index (Phi) is 5.81. The molecule has 0 amide bonds. The van der Waals surface area contributed by atoms with Gasteiger partial charge in [-0.15, -0.1) is 0 Å². The van der Waals surface area contributed by atoms with Crippen LogP contribution in [-0.2, 0) is 6.42 Å². The van der Waals surface area contributed by atoms with Gasteiger partial charge in [0.2, 0.25) is 0 Å². The minimum Gasteiger partial charge on any atom is -0.204 e. The number of halogens is 2. The van der Waals surface area contributed by atoms with Gasteiger partial charge in [-0.05, 0) is 91.3 Å². The van der Waals surface area contributed by atoms with Crippen molar-refractivity contribution in [3.05, 3.63) is 70.3 Å². The Morgan fingerprint density at radius 3 is 2.50 bits per heavy atom.